The zero-order valence-electron chi connectivity index (χ0n) is 17.8. The molecular weight excluding hydrogens is 463 g/mol. The number of hydrogen-bond acceptors (Lipinski definition) is 5. The van der Waals surface area contributed by atoms with Crippen molar-refractivity contribution in [3.8, 4) is 5.75 Å². The van der Waals surface area contributed by atoms with Crippen LogP contribution in [-0.2, 0) is 4.79 Å². The van der Waals surface area contributed by atoms with Crippen molar-refractivity contribution in [2.75, 3.05) is 11.9 Å². The van der Waals surface area contributed by atoms with Crippen molar-refractivity contribution in [2.24, 2.45) is 5.10 Å². The zero-order valence-corrected chi connectivity index (χ0v) is 19.4. The Morgan fingerprint density at radius 1 is 1.00 bits per heavy atom. The van der Waals surface area contributed by atoms with Gasteiger partial charge in [0, 0.05) is 35.1 Å². The number of nitrogens with one attached hydrogen (secondary N) is 2. The summed E-state index contributed by atoms with van der Waals surface area (Å²) in [6, 6.07) is 15.4. The van der Waals surface area contributed by atoms with E-state index < -0.39 is 0 Å². The Bertz CT molecular complexity index is 1140. The number of amides is 2. The fourth-order valence-electron chi connectivity index (χ4n) is 2.78. The van der Waals surface area contributed by atoms with Gasteiger partial charge in [0.2, 0.25) is 5.91 Å². The summed E-state index contributed by atoms with van der Waals surface area (Å²) in [6.07, 6.45) is 3.88. The Balaban J connectivity index is 1.43. The molecule has 0 aliphatic rings. The summed E-state index contributed by atoms with van der Waals surface area (Å²) in [5.41, 5.74) is 5.17. The molecule has 0 fully saturated rings. The molecule has 3 rings (SSSR count). The molecule has 2 amide bonds. The lowest BCUT2D eigenvalue weighted by molar-refractivity contribution is -0.121. The third kappa shape index (κ3) is 7.59. The molecular formula is C24H22Cl2N4O3. The molecule has 9 heteroatoms. The Morgan fingerprint density at radius 3 is 2.42 bits per heavy atom. The minimum atomic E-state index is -0.221. The summed E-state index contributed by atoms with van der Waals surface area (Å²) in [7, 11) is 0. The molecule has 170 valence electrons. The van der Waals surface area contributed by atoms with Gasteiger partial charge in [-0.2, -0.15) is 5.10 Å². The topological polar surface area (TPSA) is 92.7 Å². The number of carbonyl (C=O) groups excluding carboxylic acids is 2. The summed E-state index contributed by atoms with van der Waals surface area (Å²) in [4.78, 5) is 28.1. The Labute approximate surface area is 201 Å². The first-order valence-corrected chi connectivity index (χ1v) is 10.9. The lowest BCUT2D eigenvalue weighted by Gasteiger charge is -2.08. The number of nitrogens with zero attached hydrogens (tertiary/aromatic N) is 2. The van der Waals surface area contributed by atoms with E-state index in [4.69, 9.17) is 27.9 Å². The first kappa shape index (κ1) is 24.2. The number of aromatic nitrogens is 1. The number of hydrazone groups is 1. The van der Waals surface area contributed by atoms with Gasteiger partial charge in [-0.1, -0.05) is 35.3 Å². The Kier molecular flexibility index (Phi) is 8.80. The third-order valence-electron chi connectivity index (χ3n) is 4.55. The highest BCUT2D eigenvalue weighted by Crippen LogP contribution is 2.27. The average Bonchev–Trinajstić information content (AvgIpc) is 2.82. The maximum Gasteiger partial charge on any atom is 0.255 e. The summed E-state index contributed by atoms with van der Waals surface area (Å²) in [6.45, 7) is 2.13. The summed E-state index contributed by atoms with van der Waals surface area (Å²) >= 11 is 11.9. The summed E-state index contributed by atoms with van der Waals surface area (Å²) in [5, 5.41) is 7.92. The molecule has 1 aromatic heterocycles. The molecule has 0 radical (unpaired) electrons. The lowest BCUT2D eigenvalue weighted by atomic mass is 10.1. The van der Waals surface area contributed by atoms with E-state index >= 15 is 0 Å². The fraction of sp³-hybridized carbons (Fsp3) is 0.167. The van der Waals surface area contributed by atoms with Crippen molar-refractivity contribution in [2.45, 2.75) is 19.8 Å². The molecule has 0 aliphatic carbocycles. The maximum absolute atomic E-state index is 12.2. The molecule has 0 atom stereocenters. The van der Waals surface area contributed by atoms with Crippen molar-refractivity contribution in [3.63, 3.8) is 0 Å². The Hall–Kier alpha value is -3.42. The van der Waals surface area contributed by atoms with Crippen molar-refractivity contribution >= 4 is 46.4 Å². The molecule has 7 nitrogen and oxygen atoms in total. The van der Waals surface area contributed by atoms with Crippen LogP contribution in [0.4, 0.5) is 5.69 Å². The molecule has 33 heavy (non-hydrogen) atoms. The van der Waals surface area contributed by atoms with Crippen LogP contribution in [0.1, 0.15) is 35.7 Å². The van der Waals surface area contributed by atoms with Crippen molar-refractivity contribution in [1.29, 1.82) is 0 Å². The molecule has 0 aliphatic heterocycles. The average molecular weight is 485 g/mol. The first-order valence-electron chi connectivity index (χ1n) is 10.1. The van der Waals surface area contributed by atoms with Crippen LogP contribution < -0.4 is 15.5 Å². The van der Waals surface area contributed by atoms with Crippen LogP contribution in [0.2, 0.25) is 10.0 Å². The highest BCUT2D eigenvalue weighted by Gasteiger charge is 2.07. The summed E-state index contributed by atoms with van der Waals surface area (Å²) in [5.74, 6) is 0.0854. The van der Waals surface area contributed by atoms with E-state index in [0.717, 1.165) is 5.56 Å². The SMILES string of the molecule is C/C(=N/NC(=O)CCCOc1ccc(Cl)cc1Cl)c1ccc(NC(=O)c2ccncc2)cc1. The number of rotatable bonds is 9. The highest BCUT2D eigenvalue weighted by molar-refractivity contribution is 6.35. The van der Waals surface area contributed by atoms with Crippen LogP contribution in [0.3, 0.4) is 0 Å². The minimum absolute atomic E-state index is 0.217. The van der Waals surface area contributed by atoms with Crippen LogP contribution in [0.25, 0.3) is 0 Å². The van der Waals surface area contributed by atoms with E-state index in [9.17, 15) is 9.59 Å². The Morgan fingerprint density at radius 2 is 1.73 bits per heavy atom. The molecule has 3 aromatic rings. The fourth-order valence-corrected chi connectivity index (χ4v) is 3.24. The summed E-state index contributed by atoms with van der Waals surface area (Å²) < 4.78 is 5.56. The number of pyridine rings is 1. The van der Waals surface area contributed by atoms with Gasteiger partial charge in [0.05, 0.1) is 17.3 Å². The van der Waals surface area contributed by atoms with Crippen molar-refractivity contribution in [3.05, 3.63) is 88.2 Å². The van der Waals surface area contributed by atoms with Crippen LogP contribution >= 0.6 is 23.2 Å². The predicted octanol–water partition coefficient (Wildman–Crippen LogP) is 5.34. The van der Waals surface area contributed by atoms with Gasteiger partial charge in [0.25, 0.3) is 5.91 Å². The largest absolute Gasteiger partial charge is 0.492 e. The molecule has 0 unspecified atom stereocenters. The van der Waals surface area contributed by atoms with E-state index in [-0.39, 0.29) is 18.2 Å². The van der Waals surface area contributed by atoms with E-state index in [1.165, 1.54) is 0 Å². The number of hydrogen-bond donors (Lipinski definition) is 2. The molecule has 0 bridgehead atoms. The van der Waals surface area contributed by atoms with Gasteiger partial charge in [0.1, 0.15) is 5.75 Å². The van der Waals surface area contributed by atoms with Gasteiger partial charge in [0.15, 0.2) is 0 Å². The smallest absolute Gasteiger partial charge is 0.255 e. The number of anilines is 1. The normalized spacial score (nSPS) is 11.1. The number of ether oxygens (including phenoxy) is 1. The van der Waals surface area contributed by atoms with Crippen molar-refractivity contribution < 1.29 is 14.3 Å². The molecule has 1 heterocycles. The van der Waals surface area contributed by atoms with Crippen molar-refractivity contribution in [1.82, 2.24) is 10.4 Å². The van der Waals surface area contributed by atoms with Gasteiger partial charge in [-0.3, -0.25) is 14.6 Å². The predicted molar refractivity (Wildman–Crippen MR) is 130 cm³/mol. The van der Waals surface area contributed by atoms with Gasteiger partial charge >= 0.3 is 0 Å². The standard InChI is InChI=1S/C24H22Cl2N4O3/c1-16(17-4-7-20(8-5-17)28-24(32)18-10-12-27-13-11-18)29-30-23(31)3-2-14-33-22-9-6-19(25)15-21(22)26/h4-13,15H,2-3,14H2,1H3,(H,28,32)(H,30,31)/b29-16-. The van der Waals surface area contributed by atoms with Crippen LogP contribution in [-0.4, -0.2) is 29.1 Å². The van der Waals surface area contributed by atoms with Crippen LogP contribution in [0, 0.1) is 0 Å². The van der Waals surface area contributed by atoms with Gasteiger partial charge in [-0.05, 0) is 61.4 Å². The van der Waals surface area contributed by atoms with E-state index in [2.05, 4.69) is 20.8 Å². The molecule has 2 N–H and O–H groups in total. The quantitative estimate of drug-likeness (QED) is 0.243. The number of halogens is 2. The van der Waals surface area contributed by atoms with Gasteiger partial charge in [-0.25, -0.2) is 5.43 Å². The van der Waals surface area contributed by atoms with Gasteiger partial charge < -0.3 is 10.1 Å². The minimum Gasteiger partial charge on any atom is -0.492 e. The van der Waals surface area contributed by atoms with E-state index in [1.54, 1.807) is 61.8 Å². The van der Waals surface area contributed by atoms with Crippen LogP contribution in [0.15, 0.2) is 72.1 Å². The molecule has 0 saturated carbocycles. The second-order valence-corrected chi connectivity index (χ2v) is 7.87. The molecule has 0 saturated heterocycles. The maximum atomic E-state index is 12.2. The molecule has 2 aromatic carbocycles. The zero-order chi connectivity index (χ0) is 23.6. The lowest BCUT2D eigenvalue weighted by Crippen LogP contribution is -2.19. The highest BCUT2D eigenvalue weighted by atomic mass is 35.5. The van der Waals surface area contributed by atoms with Crippen LogP contribution in [0.5, 0.6) is 5.75 Å². The van der Waals surface area contributed by atoms with Gasteiger partial charge in [-0.15, -0.1) is 0 Å². The third-order valence-corrected chi connectivity index (χ3v) is 5.08. The van der Waals surface area contributed by atoms with E-state index in [0.29, 0.717) is 45.8 Å². The number of carbonyl (C=O) groups is 2. The second kappa shape index (κ2) is 12.0. The first-order chi connectivity index (χ1) is 15.9. The van der Waals surface area contributed by atoms with E-state index in [1.807, 2.05) is 12.1 Å². The number of benzene rings is 2. The molecule has 0 spiro atoms. The monoisotopic (exact) mass is 484 g/mol. The second-order valence-electron chi connectivity index (χ2n) is 7.03.